The monoisotopic (exact) mass is 338 g/mol. The second-order valence-electron chi connectivity index (χ2n) is 7.27. The molecule has 25 heavy (non-hydrogen) atoms. The molecule has 132 valence electrons. The van der Waals surface area contributed by atoms with Crippen LogP contribution in [0.15, 0.2) is 36.7 Å². The number of hydrogen-bond acceptors (Lipinski definition) is 3. The molecule has 2 saturated heterocycles. The fraction of sp³-hybridized carbons (Fsp3) is 0.500. The lowest BCUT2D eigenvalue weighted by Crippen LogP contribution is -2.27. The van der Waals surface area contributed by atoms with Crippen LogP contribution in [0.25, 0.3) is 0 Å². The van der Waals surface area contributed by atoms with E-state index in [1.807, 2.05) is 35.0 Å². The summed E-state index contributed by atoms with van der Waals surface area (Å²) in [5.74, 6) is 0.179. The highest BCUT2D eigenvalue weighted by Gasteiger charge is 2.27. The summed E-state index contributed by atoms with van der Waals surface area (Å²) in [5, 5.41) is 4.32. The van der Waals surface area contributed by atoms with Gasteiger partial charge in [-0.15, -0.1) is 0 Å². The molecule has 0 aliphatic carbocycles. The first-order valence-corrected chi connectivity index (χ1v) is 9.31. The van der Waals surface area contributed by atoms with E-state index in [-0.39, 0.29) is 5.91 Å². The van der Waals surface area contributed by atoms with Gasteiger partial charge in [0, 0.05) is 50.0 Å². The third-order valence-corrected chi connectivity index (χ3v) is 5.45. The van der Waals surface area contributed by atoms with Crippen molar-refractivity contribution < 1.29 is 4.79 Å². The number of aromatic nitrogens is 2. The standard InChI is InChI=1S/C20H26N4O/c1-22-15-18(13-21-22)19-5-4-12-24(19)14-16-6-8-17(9-7-16)20(25)23-10-2-3-11-23/h6-9,13,15,19H,2-5,10-12,14H2,1H3/t19-/m1/s1. The molecule has 0 N–H and O–H groups in total. The van der Waals surface area contributed by atoms with Crippen LogP contribution in [-0.2, 0) is 13.6 Å². The Kier molecular flexibility index (Phi) is 4.57. The second-order valence-corrected chi connectivity index (χ2v) is 7.27. The molecular formula is C20H26N4O. The molecule has 1 atom stereocenters. The Bertz CT molecular complexity index is 730. The van der Waals surface area contributed by atoms with Gasteiger partial charge in [0.25, 0.3) is 5.91 Å². The summed E-state index contributed by atoms with van der Waals surface area (Å²) in [6, 6.07) is 8.67. The van der Waals surface area contributed by atoms with E-state index >= 15 is 0 Å². The van der Waals surface area contributed by atoms with Crippen molar-refractivity contribution >= 4 is 5.91 Å². The third-order valence-electron chi connectivity index (χ3n) is 5.45. The van der Waals surface area contributed by atoms with Crippen LogP contribution >= 0.6 is 0 Å². The van der Waals surface area contributed by atoms with Gasteiger partial charge in [0.1, 0.15) is 0 Å². The first kappa shape index (κ1) is 16.3. The molecule has 4 rings (SSSR count). The van der Waals surface area contributed by atoms with Crippen LogP contribution in [0.4, 0.5) is 0 Å². The van der Waals surface area contributed by atoms with Crippen LogP contribution in [0.3, 0.4) is 0 Å². The van der Waals surface area contributed by atoms with Gasteiger partial charge in [0.2, 0.25) is 0 Å². The topological polar surface area (TPSA) is 41.4 Å². The first-order chi connectivity index (χ1) is 12.2. The first-order valence-electron chi connectivity index (χ1n) is 9.31. The zero-order chi connectivity index (χ0) is 17.2. The summed E-state index contributed by atoms with van der Waals surface area (Å²) < 4.78 is 1.88. The minimum absolute atomic E-state index is 0.179. The van der Waals surface area contributed by atoms with Crippen molar-refractivity contribution in [1.29, 1.82) is 0 Å². The Morgan fingerprint density at radius 3 is 2.56 bits per heavy atom. The van der Waals surface area contributed by atoms with Crippen molar-refractivity contribution in [2.45, 2.75) is 38.3 Å². The van der Waals surface area contributed by atoms with Crippen LogP contribution in [0, 0.1) is 0 Å². The van der Waals surface area contributed by atoms with Crippen molar-refractivity contribution in [3.8, 4) is 0 Å². The highest BCUT2D eigenvalue weighted by Crippen LogP contribution is 2.32. The van der Waals surface area contributed by atoms with Crippen LogP contribution in [0.5, 0.6) is 0 Å². The molecule has 2 fully saturated rings. The number of carbonyl (C=O) groups is 1. The predicted molar refractivity (Wildman–Crippen MR) is 97.2 cm³/mol. The number of rotatable bonds is 4. The predicted octanol–water partition coefficient (Wildman–Crippen LogP) is 2.99. The van der Waals surface area contributed by atoms with E-state index < -0.39 is 0 Å². The molecule has 0 saturated carbocycles. The summed E-state index contributed by atoms with van der Waals surface area (Å²) in [6.07, 6.45) is 8.80. The zero-order valence-corrected chi connectivity index (χ0v) is 14.9. The largest absolute Gasteiger partial charge is 0.339 e. The van der Waals surface area contributed by atoms with Crippen LogP contribution in [0.2, 0.25) is 0 Å². The van der Waals surface area contributed by atoms with Gasteiger partial charge in [-0.2, -0.15) is 5.10 Å². The molecular weight excluding hydrogens is 312 g/mol. The number of aryl methyl sites for hydroxylation is 1. The van der Waals surface area contributed by atoms with Crippen LogP contribution in [-0.4, -0.2) is 45.1 Å². The Labute approximate surface area is 149 Å². The van der Waals surface area contributed by atoms with E-state index in [1.54, 1.807) is 0 Å². The maximum atomic E-state index is 12.4. The molecule has 1 aromatic carbocycles. The van der Waals surface area contributed by atoms with Crippen molar-refractivity contribution in [2.75, 3.05) is 19.6 Å². The van der Waals surface area contributed by atoms with E-state index in [4.69, 9.17) is 0 Å². The Morgan fingerprint density at radius 1 is 1.12 bits per heavy atom. The van der Waals surface area contributed by atoms with Gasteiger partial charge in [-0.05, 0) is 49.9 Å². The molecule has 3 heterocycles. The van der Waals surface area contributed by atoms with E-state index in [1.165, 1.54) is 24.0 Å². The number of likely N-dealkylation sites (tertiary alicyclic amines) is 2. The molecule has 0 bridgehead atoms. The number of carbonyl (C=O) groups excluding carboxylic acids is 1. The molecule has 0 radical (unpaired) electrons. The lowest BCUT2D eigenvalue weighted by Gasteiger charge is -2.23. The van der Waals surface area contributed by atoms with Gasteiger partial charge in [0.05, 0.1) is 6.20 Å². The molecule has 2 aromatic rings. The van der Waals surface area contributed by atoms with Gasteiger partial charge in [-0.1, -0.05) is 12.1 Å². The van der Waals surface area contributed by atoms with Gasteiger partial charge in [0.15, 0.2) is 0 Å². The van der Waals surface area contributed by atoms with E-state index in [9.17, 15) is 4.79 Å². The minimum atomic E-state index is 0.179. The van der Waals surface area contributed by atoms with Crippen molar-refractivity contribution in [1.82, 2.24) is 19.6 Å². The zero-order valence-electron chi connectivity index (χ0n) is 14.9. The average Bonchev–Trinajstić information content (AvgIpc) is 3.36. The smallest absolute Gasteiger partial charge is 0.253 e. The minimum Gasteiger partial charge on any atom is -0.339 e. The van der Waals surface area contributed by atoms with Gasteiger partial charge >= 0.3 is 0 Å². The summed E-state index contributed by atoms with van der Waals surface area (Å²) in [4.78, 5) is 16.9. The molecule has 2 aliphatic rings. The number of hydrogen-bond donors (Lipinski definition) is 0. The Hall–Kier alpha value is -2.14. The molecule has 0 unspecified atom stereocenters. The average molecular weight is 338 g/mol. The fourth-order valence-electron chi connectivity index (χ4n) is 4.10. The van der Waals surface area contributed by atoms with Crippen LogP contribution in [0.1, 0.15) is 53.2 Å². The number of nitrogens with zero attached hydrogens (tertiary/aromatic N) is 4. The molecule has 0 spiro atoms. The van der Waals surface area contributed by atoms with Gasteiger partial charge in [-0.3, -0.25) is 14.4 Å². The summed E-state index contributed by atoms with van der Waals surface area (Å²) in [7, 11) is 1.97. The lowest BCUT2D eigenvalue weighted by molar-refractivity contribution is 0.0793. The SMILES string of the molecule is Cn1cc([C@H]2CCCN2Cc2ccc(C(=O)N3CCCC3)cc2)cn1. The Morgan fingerprint density at radius 2 is 1.88 bits per heavy atom. The highest BCUT2D eigenvalue weighted by atomic mass is 16.2. The van der Waals surface area contributed by atoms with Gasteiger partial charge in [-0.25, -0.2) is 0 Å². The fourth-order valence-corrected chi connectivity index (χ4v) is 4.10. The molecule has 2 aliphatic heterocycles. The van der Waals surface area contributed by atoms with Crippen LogP contribution < -0.4 is 0 Å². The molecule has 5 nitrogen and oxygen atoms in total. The second kappa shape index (κ2) is 7.00. The molecule has 1 amide bonds. The molecule has 5 heteroatoms. The maximum absolute atomic E-state index is 12.4. The quantitative estimate of drug-likeness (QED) is 0.860. The summed E-state index contributed by atoms with van der Waals surface area (Å²) >= 11 is 0. The van der Waals surface area contributed by atoms with E-state index in [2.05, 4.69) is 28.3 Å². The summed E-state index contributed by atoms with van der Waals surface area (Å²) in [5.41, 5.74) is 3.39. The third kappa shape index (κ3) is 3.47. The number of amides is 1. The maximum Gasteiger partial charge on any atom is 0.253 e. The Balaban J connectivity index is 1.43. The normalized spacial score (nSPS) is 21.2. The van der Waals surface area contributed by atoms with Crippen molar-refractivity contribution in [2.24, 2.45) is 7.05 Å². The van der Waals surface area contributed by atoms with E-state index in [0.29, 0.717) is 6.04 Å². The summed E-state index contributed by atoms with van der Waals surface area (Å²) in [6.45, 7) is 3.86. The number of benzene rings is 1. The van der Waals surface area contributed by atoms with Crippen molar-refractivity contribution in [3.05, 3.63) is 53.3 Å². The van der Waals surface area contributed by atoms with E-state index in [0.717, 1.165) is 44.6 Å². The molecule has 1 aromatic heterocycles. The van der Waals surface area contributed by atoms with Crippen molar-refractivity contribution in [3.63, 3.8) is 0 Å². The lowest BCUT2D eigenvalue weighted by atomic mass is 10.1. The van der Waals surface area contributed by atoms with Gasteiger partial charge < -0.3 is 4.90 Å². The highest BCUT2D eigenvalue weighted by molar-refractivity contribution is 5.94.